The van der Waals surface area contributed by atoms with Crippen molar-refractivity contribution in [2.75, 3.05) is 6.61 Å². The maximum absolute atomic E-state index is 14.4. The molecule has 0 unspecified atom stereocenters. The Hall–Kier alpha value is -1.07. The van der Waals surface area contributed by atoms with Gasteiger partial charge in [-0.15, -0.1) is 0 Å². The Labute approximate surface area is 120 Å². The molecule has 0 spiro atoms. The van der Waals surface area contributed by atoms with Gasteiger partial charge in [0.1, 0.15) is 11.6 Å². The van der Waals surface area contributed by atoms with Crippen molar-refractivity contribution in [3.63, 3.8) is 0 Å². The highest BCUT2D eigenvalue weighted by Gasteiger charge is 2.36. The third-order valence-electron chi connectivity index (χ3n) is 4.17. The Balaban J connectivity index is 2.15. The van der Waals surface area contributed by atoms with Crippen LogP contribution in [0, 0.1) is 5.82 Å². The second-order valence-electron chi connectivity index (χ2n) is 6.33. The predicted molar refractivity (Wildman–Crippen MR) is 78.5 cm³/mol. The Morgan fingerprint density at radius 3 is 2.65 bits per heavy atom. The fraction of sp³-hybridized carbons (Fsp3) is 0.600. The van der Waals surface area contributed by atoms with Gasteiger partial charge >= 0.3 is 7.48 Å². The van der Waals surface area contributed by atoms with Gasteiger partial charge in [-0.1, -0.05) is 6.07 Å². The molecule has 0 aromatic heterocycles. The standard InChI is InChI=1S/C15H22BFO3/c1-14(2,18)15(3,4)20-16-11-7-8-12-10(13(11)17)6-5-9-19-12/h7-8,16,18H,5-6,9H2,1-4H3. The third kappa shape index (κ3) is 2.99. The maximum atomic E-state index is 14.4. The number of ether oxygens (including phenoxy) is 1. The van der Waals surface area contributed by atoms with Crippen LogP contribution in [0.3, 0.4) is 0 Å². The normalized spacial score (nSPS) is 15.5. The molecule has 1 aromatic rings. The first-order chi connectivity index (χ1) is 9.22. The number of fused-ring (bicyclic) bond motifs is 1. The second-order valence-corrected chi connectivity index (χ2v) is 6.33. The minimum Gasteiger partial charge on any atom is -0.493 e. The highest BCUT2D eigenvalue weighted by Crippen LogP contribution is 2.27. The fourth-order valence-corrected chi connectivity index (χ4v) is 2.00. The Morgan fingerprint density at radius 2 is 2.00 bits per heavy atom. The van der Waals surface area contributed by atoms with Crippen LogP contribution in [0.4, 0.5) is 4.39 Å². The number of hydrogen-bond donors (Lipinski definition) is 1. The molecule has 20 heavy (non-hydrogen) atoms. The molecule has 1 aliphatic rings. The zero-order valence-electron chi connectivity index (χ0n) is 12.6. The van der Waals surface area contributed by atoms with Crippen LogP contribution in [0.1, 0.15) is 39.7 Å². The van der Waals surface area contributed by atoms with Gasteiger partial charge in [-0.25, -0.2) is 4.39 Å². The van der Waals surface area contributed by atoms with Gasteiger partial charge in [0.15, 0.2) is 0 Å². The van der Waals surface area contributed by atoms with Crippen molar-refractivity contribution >= 4 is 12.9 Å². The maximum Gasteiger partial charge on any atom is 0.312 e. The second kappa shape index (κ2) is 5.37. The van der Waals surface area contributed by atoms with Crippen LogP contribution in [0.15, 0.2) is 12.1 Å². The lowest BCUT2D eigenvalue weighted by Crippen LogP contribution is -2.49. The summed E-state index contributed by atoms with van der Waals surface area (Å²) >= 11 is 0. The largest absolute Gasteiger partial charge is 0.493 e. The van der Waals surface area contributed by atoms with Gasteiger partial charge in [0, 0.05) is 5.56 Å². The van der Waals surface area contributed by atoms with Crippen LogP contribution in [-0.2, 0) is 11.1 Å². The number of halogens is 1. The van der Waals surface area contributed by atoms with E-state index in [1.165, 1.54) is 0 Å². The molecule has 0 radical (unpaired) electrons. The number of rotatable bonds is 4. The number of benzene rings is 1. The Bertz CT molecular complexity index is 495. The van der Waals surface area contributed by atoms with E-state index in [4.69, 9.17) is 9.39 Å². The van der Waals surface area contributed by atoms with E-state index in [1.807, 2.05) is 0 Å². The zero-order chi connectivity index (χ0) is 15.0. The van der Waals surface area contributed by atoms with Crippen molar-refractivity contribution < 1.29 is 18.9 Å². The van der Waals surface area contributed by atoms with Crippen LogP contribution >= 0.6 is 0 Å². The summed E-state index contributed by atoms with van der Waals surface area (Å²) in [4.78, 5) is 0. The molecular weight excluding hydrogens is 258 g/mol. The number of aliphatic hydroxyl groups is 1. The van der Waals surface area contributed by atoms with Crippen molar-refractivity contribution in [2.45, 2.75) is 51.7 Å². The SMILES string of the molecule is CC(C)(O)C(C)(C)OBc1ccc2c(c1F)CCCO2. The number of hydrogen-bond acceptors (Lipinski definition) is 3. The molecule has 0 atom stereocenters. The highest BCUT2D eigenvalue weighted by atomic mass is 19.1. The van der Waals surface area contributed by atoms with Crippen LogP contribution in [0.25, 0.3) is 0 Å². The monoisotopic (exact) mass is 280 g/mol. The molecule has 1 aromatic carbocycles. The molecule has 0 bridgehead atoms. The van der Waals surface area contributed by atoms with E-state index < -0.39 is 11.2 Å². The molecule has 5 heteroatoms. The van der Waals surface area contributed by atoms with Gasteiger partial charge < -0.3 is 14.5 Å². The van der Waals surface area contributed by atoms with E-state index in [0.717, 1.165) is 6.42 Å². The summed E-state index contributed by atoms with van der Waals surface area (Å²) in [6.45, 7) is 7.61. The molecule has 2 rings (SSSR count). The highest BCUT2D eigenvalue weighted by molar-refractivity contribution is 6.47. The van der Waals surface area contributed by atoms with E-state index in [2.05, 4.69) is 0 Å². The minimum absolute atomic E-state index is 0.135. The lowest BCUT2D eigenvalue weighted by molar-refractivity contribution is -0.0893. The molecule has 1 aliphatic heterocycles. The Kier molecular flexibility index (Phi) is 4.12. The molecule has 0 saturated carbocycles. The third-order valence-corrected chi connectivity index (χ3v) is 4.17. The first-order valence-corrected chi connectivity index (χ1v) is 7.02. The molecule has 1 N–H and O–H groups in total. The molecular formula is C15H22BFO3. The molecule has 0 amide bonds. The van der Waals surface area contributed by atoms with Crippen molar-refractivity contribution in [2.24, 2.45) is 0 Å². The van der Waals surface area contributed by atoms with E-state index in [1.54, 1.807) is 39.8 Å². The van der Waals surface area contributed by atoms with Crippen LogP contribution in [-0.4, -0.2) is 30.4 Å². The summed E-state index contributed by atoms with van der Waals surface area (Å²) in [6.07, 6.45) is 1.54. The van der Waals surface area contributed by atoms with Gasteiger partial charge in [0.05, 0.1) is 17.8 Å². The average molecular weight is 280 g/mol. The molecule has 0 saturated heterocycles. The average Bonchev–Trinajstić information content (AvgIpc) is 2.37. The van der Waals surface area contributed by atoms with Gasteiger partial charge in [-0.3, -0.25) is 0 Å². The van der Waals surface area contributed by atoms with Gasteiger partial charge in [0.2, 0.25) is 0 Å². The summed E-state index contributed by atoms with van der Waals surface area (Å²) in [5.74, 6) is 0.396. The Morgan fingerprint density at radius 1 is 1.30 bits per heavy atom. The minimum atomic E-state index is -0.999. The molecule has 110 valence electrons. The van der Waals surface area contributed by atoms with Crippen LogP contribution in [0.2, 0.25) is 0 Å². The topological polar surface area (TPSA) is 38.7 Å². The predicted octanol–water partition coefficient (Wildman–Crippen LogP) is 1.69. The van der Waals surface area contributed by atoms with Gasteiger partial charge in [-0.05, 0) is 52.1 Å². The first kappa shape index (κ1) is 15.3. The molecule has 0 aliphatic carbocycles. The summed E-state index contributed by atoms with van der Waals surface area (Å²) in [5, 5.41) is 10.0. The lowest BCUT2D eigenvalue weighted by Gasteiger charge is -2.37. The summed E-state index contributed by atoms with van der Waals surface area (Å²) in [7, 11) is 0.135. The fourth-order valence-electron chi connectivity index (χ4n) is 2.00. The summed E-state index contributed by atoms with van der Waals surface area (Å²) in [5.41, 5.74) is -0.614. The van der Waals surface area contributed by atoms with Crippen LogP contribution in [0.5, 0.6) is 5.75 Å². The molecule has 0 fully saturated rings. The summed E-state index contributed by atoms with van der Waals surface area (Å²) < 4.78 is 25.6. The smallest absolute Gasteiger partial charge is 0.312 e. The van der Waals surface area contributed by atoms with Gasteiger partial charge in [0.25, 0.3) is 0 Å². The van der Waals surface area contributed by atoms with Gasteiger partial charge in [-0.2, -0.15) is 0 Å². The quantitative estimate of drug-likeness (QED) is 0.853. The first-order valence-electron chi connectivity index (χ1n) is 7.02. The van der Waals surface area contributed by atoms with E-state index in [0.29, 0.717) is 29.8 Å². The summed E-state index contributed by atoms with van der Waals surface area (Å²) in [6, 6.07) is 3.49. The van der Waals surface area contributed by atoms with Crippen molar-refractivity contribution in [3.8, 4) is 5.75 Å². The van der Waals surface area contributed by atoms with Crippen LogP contribution < -0.4 is 10.2 Å². The molecule has 3 nitrogen and oxygen atoms in total. The zero-order valence-corrected chi connectivity index (χ0v) is 12.6. The van der Waals surface area contributed by atoms with E-state index in [-0.39, 0.29) is 13.3 Å². The lowest BCUT2D eigenvalue weighted by atomic mass is 9.81. The van der Waals surface area contributed by atoms with Crippen molar-refractivity contribution in [1.29, 1.82) is 0 Å². The van der Waals surface area contributed by atoms with E-state index in [9.17, 15) is 9.50 Å². The van der Waals surface area contributed by atoms with Crippen molar-refractivity contribution in [3.05, 3.63) is 23.5 Å². The molecule has 1 heterocycles. The van der Waals surface area contributed by atoms with E-state index >= 15 is 0 Å². The van der Waals surface area contributed by atoms with Crippen molar-refractivity contribution in [1.82, 2.24) is 0 Å².